The van der Waals surface area contributed by atoms with Crippen molar-refractivity contribution in [3.05, 3.63) is 54.4 Å². The van der Waals surface area contributed by atoms with E-state index in [1.165, 1.54) is 75.0 Å². The number of aromatic nitrogens is 5. The smallest absolute Gasteiger partial charge is 0.278 e. The highest BCUT2D eigenvalue weighted by atomic mass is 16.5. The van der Waals surface area contributed by atoms with Crippen molar-refractivity contribution in [1.82, 2.24) is 24.9 Å². The van der Waals surface area contributed by atoms with E-state index < -0.39 is 11.8 Å². The summed E-state index contributed by atoms with van der Waals surface area (Å²) in [4.78, 5) is 48.5. The van der Waals surface area contributed by atoms with E-state index in [0.29, 0.717) is 11.5 Å². The molecule has 0 fully saturated rings. The summed E-state index contributed by atoms with van der Waals surface area (Å²) in [6.07, 6.45) is 5.79. The van der Waals surface area contributed by atoms with Crippen molar-refractivity contribution in [2.75, 3.05) is 38.1 Å². The molecule has 0 unspecified atom stereocenters. The number of methoxy groups -OCH3 is 2. The Morgan fingerprint density at radius 2 is 1.10 bits per heavy atom. The second-order valence-corrected chi connectivity index (χ2v) is 5.98. The van der Waals surface area contributed by atoms with Crippen molar-refractivity contribution >= 4 is 23.7 Å². The summed E-state index contributed by atoms with van der Waals surface area (Å²) in [5, 5.41) is 0. The minimum atomic E-state index is -0.474. The second kappa shape index (κ2) is 8.90. The third-order valence-corrected chi connectivity index (χ3v) is 4.10. The molecule has 154 valence electrons. The summed E-state index contributed by atoms with van der Waals surface area (Å²) in [6.45, 7) is 0. The fourth-order valence-corrected chi connectivity index (χ4v) is 2.37. The van der Waals surface area contributed by atoms with Crippen LogP contribution in [0.1, 0.15) is 21.0 Å². The van der Waals surface area contributed by atoms with Gasteiger partial charge in [0, 0.05) is 14.1 Å². The number of rotatable bonds is 6. The van der Waals surface area contributed by atoms with E-state index in [0.717, 1.165) is 0 Å². The zero-order valence-corrected chi connectivity index (χ0v) is 16.8. The molecule has 3 aromatic rings. The van der Waals surface area contributed by atoms with Gasteiger partial charge in [0.25, 0.3) is 11.8 Å². The lowest BCUT2D eigenvalue weighted by Gasteiger charge is -2.17. The lowest BCUT2D eigenvalue weighted by atomic mass is 10.2. The Balaban J connectivity index is 1.79. The summed E-state index contributed by atoms with van der Waals surface area (Å²) < 4.78 is 10.0. The molecule has 0 N–H and O–H groups in total. The van der Waals surface area contributed by atoms with E-state index in [2.05, 4.69) is 24.9 Å². The van der Waals surface area contributed by atoms with Gasteiger partial charge in [0.2, 0.25) is 11.9 Å². The Morgan fingerprint density at radius 3 is 1.43 bits per heavy atom. The van der Waals surface area contributed by atoms with Gasteiger partial charge >= 0.3 is 0 Å². The SMILES string of the molecule is COc1cnc(N(C)C(=O)c2cccc(C(=O)N(C)c3ncc(OC)cn3)n2)nc1. The number of carbonyl (C=O) groups excluding carboxylic acids is 2. The molecule has 0 spiro atoms. The third kappa shape index (κ3) is 4.29. The summed E-state index contributed by atoms with van der Waals surface area (Å²) in [5.74, 6) is 0.325. The molecule has 0 radical (unpaired) electrons. The van der Waals surface area contributed by atoms with Crippen molar-refractivity contribution < 1.29 is 19.1 Å². The number of amides is 2. The van der Waals surface area contributed by atoms with Crippen LogP contribution in [0.5, 0.6) is 11.5 Å². The predicted octanol–water partition coefficient (Wildman–Crippen LogP) is 1.23. The van der Waals surface area contributed by atoms with Gasteiger partial charge in [-0.25, -0.2) is 24.9 Å². The van der Waals surface area contributed by atoms with Crippen molar-refractivity contribution in [3.8, 4) is 11.5 Å². The number of nitrogens with zero attached hydrogens (tertiary/aromatic N) is 7. The molecule has 3 heterocycles. The highest BCUT2D eigenvalue weighted by Gasteiger charge is 2.21. The molecule has 0 bridgehead atoms. The minimum Gasteiger partial charge on any atom is -0.494 e. The molecule has 0 aliphatic heterocycles. The van der Waals surface area contributed by atoms with Gasteiger partial charge in [0.1, 0.15) is 11.4 Å². The average Bonchev–Trinajstić information content (AvgIpc) is 2.82. The lowest BCUT2D eigenvalue weighted by molar-refractivity contribution is 0.0982. The average molecular weight is 409 g/mol. The van der Waals surface area contributed by atoms with Crippen LogP contribution in [0.15, 0.2) is 43.0 Å². The molecule has 11 heteroatoms. The first-order valence-electron chi connectivity index (χ1n) is 8.70. The van der Waals surface area contributed by atoms with Crippen molar-refractivity contribution in [1.29, 1.82) is 0 Å². The van der Waals surface area contributed by atoms with Crippen LogP contribution in [-0.2, 0) is 0 Å². The van der Waals surface area contributed by atoms with Gasteiger partial charge in [-0.2, -0.15) is 0 Å². The lowest BCUT2D eigenvalue weighted by Crippen LogP contribution is -2.31. The molecule has 0 atom stereocenters. The van der Waals surface area contributed by atoms with Gasteiger partial charge in [-0.1, -0.05) is 6.07 Å². The fraction of sp³-hybridized carbons (Fsp3) is 0.211. The van der Waals surface area contributed by atoms with E-state index in [4.69, 9.17) is 9.47 Å². The maximum absolute atomic E-state index is 12.8. The van der Waals surface area contributed by atoms with E-state index >= 15 is 0 Å². The van der Waals surface area contributed by atoms with Gasteiger partial charge in [-0.15, -0.1) is 0 Å². The number of pyridine rings is 1. The van der Waals surface area contributed by atoms with Gasteiger partial charge in [-0.3, -0.25) is 19.4 Å². The molecule has 0 saturated heterocycles. The van der Waals surface area contributed by atoms with Crippen LogP contribution in [0.3, 0.4) is 0 Å². The highest BCUT2D eigenvalue weighted by Crippen LogP contribution is 2.15. The van der Waals surface area contributed by atoms with Gasteiger partial charge in [0.15, 0.2) is 11.5 Å². The Labute approximate surface area is 172 Å². The first-order chi connectivity index (χ1) is 14.4. The molecule has 3 rings (SSSR count). The third-order valence-electron chi connectivity index (χ3n) is 4.10. The maximum atomic E-state index is 12.8. The molecular formula is C19H19N7O4. The standard InChI is InChI=1S/C19H19N7O4/c1-25(18-20-8-12(29-3)9-21-18)16(27)14-6-5-7-15(24-14)17(28)26(2)19-22-10-13(30-4)11-23-19/h5-11H,1-4H3. The summed E-state index contributed by atoms with van der Waals surface area (Å²) in [5.41, 5.74) is 0.124. The number of carbonyl (C=O) groups is 2. The highest BCUT2D eigenvalue weighted by molar-refractivity contribution is 6.06. The zero-order chi connectivity index (χ0) is 21.7. The Morgan fingerprint density at radius 1 is 0.733 bits per heavy atom. The first-order valence-corrected chi connectivity index (χ1v) is 8.70. The molecule has 0 saturated carbocycles. The topological polar surface area (TPSA) is 124 Å². The minimum absolute atomic E-state index is 0.0619. The van der Waals surface area contributed by atoms with Crippen molar-refractivity contribution in [2.45, 2.75) is 0 Å². The molecule has 11 nitrogen and oxygen atoms in total. The summed E-state index contributed by atoms with van der Waals surface area (Å²) in [7, 11) is 6.01. The van der Waals surface area contributed by atoms with E-state index in [1.807, 2.05) is 0 Å². The van der Waals surface area contributed by atoms with Crippen LogP contribution in [0.2, 0.25) is 0 Å². The van der Waals surface area contributed by atoms with Crippen LogP contribution in [0.4, 0.5) is 11.9 Å². The monoisotopic (exact) mass is 409 g/mol. The molecule has 0 aliphatic carbocycles. The van der Waals surface area contributed by atoms with Crippen LogP contribution in [-0.4, -0.2) is 65.0 Å². The summed E-state index contributed by atoms with van der Waals surface area (Å²) in [6, 6.07) is 4.57. The maximum Gasteiger partial charge on any atom is 0.278 e. The first kappa shape index (κ1) is 20.6. The van der Waals surface area contributed by atoms with E-state index in [1.54, 1.807) is 6.07 Å². The molecule has 2 amide bonds. The fourth-order valence-electron chi connectivity index (χ4n) is 2.37. The number of hydrogen-bond acceptors (Lipinski definition) is 9. The van der Waals surface area contributed by atoms with Crippen LogP contribution in [0, 0.1) is 0 Å². The zero-order valence-electron chi connectivity index (χ0n) is 16.8. The quantitative estimate of drug-likeness (QED) is 0.591. The van der Waals surface area contributed by atoms with E-state index in [9.17, 15) is 9.59 Å². The number of hydrogen-bond donors (Lipinski definition) is 0. The largest absolute Gasteiger partial charge is 0.494 e. The van der Waals surface area contributed by atoms with Crippen LogP contribution >= 0.6 is 0 Å². The molecule has 0 aromatic carbocycles. The van der Waals surface area contributed by atoms with Crippen LogP contribution < -0.4 is 19.3 Å². The Hall–Kier alpha value is -4.15. The molecule has 0 aliphatic rings. The van der Waals surface area contributed by atoms with Crippen molar-refractivity contribution in [2.24, 2.45) is 0 Å². The van der Waals surface area contributed by atoms with Crippen LogP contribution in [0.25, 0.3) is 0 Å². The number of ether oxygens (including phenoxy) is 2. The number of anilines is 2. The molecule has 3 aromatic heterocycles. The van der Waals surface area contributed by atoms with Crippen molar-refractivity contribution in [3.63, 3.8) is 0 Å². The van der Waals surface area contributed by atoms with Gasteiger partial charge in [0.05, 0.1) is 39.0 Å². The van der Waals surface area contributed by atoms with Gasteiger partial charge < -0.3 is 9.47 Å². The predicted molar refractivity (Wildman–Crippen MR) is 107 cm³/mol. The Bertz CT molecular complexity index is 961. The second-order valence-electron chi connectivity index (χ2n) is 5.98. The Kier molecular flexibility index (Phi) is 6.11. The van der Waals surface area contributed by atoms with E-state index in [-0.39, 0.29) is 23.3 Å². The molecular weight excluding hydrogens is 390 g/mol. The normalized spacial score (nSPS) is 10.3. The molecule has 30 heavy (non-hydrogen) atoms. The summed E-state index contributed by atoms with van der Waals surface area (Å²) >= 11 is 0. The van der Waals surface area contributed by atoms with Gasteiger partial charge in [-0.05, 0) is 12.1 Å².